The topological polar surface area (TPSA) is 136 Å². The molecule has 2 aromatic carbocycles. The first-order valence-corrected chi connectivity index (χ1v) is 11.7. The molecule has 180 valence electrons. The number of amides is 4. The first-order valence-electron chi connectivity index (χ1n) is 11.0. The van der Waals surface area contributed by atoms with Gasteiger partial charge in [-0.2, -0.15) is 0 Å². The SMILES string of the molecule is COC(=O)c1cc(Br)cc(NC(=O)[C@@H]2C[C@@H]3C[C@H]3N2C(=O)Nc2cn(C(N)=O)c3ccccc23)c1. The Balaban J connectivity index is 1.36. The van der Waals surface area contributed by atoms with Gasteiger partial charge >= 0.3 is 18.0 Å². The predicted molar refractivity (Wildman–Crippen MR) is 132 cm³/mol. The maximum absolute atomic E-state index is 13.3. The van der Waals surface area contributed by atoms with Gasteiger partial charge in [-0.25, -0.2) is 14.4 Å². The van der Waals surface area contributed by atoms with Crippen LogP contribution in [0.3, 0.4) is 0 Å². The predicted octanol–water partition coefficient (Wildman–Crippen LogP) is 3.75. The molecule has 4 N–H and O–H groups in total. The van der Waals surface area contributed by atoms with Crippen LogP contribution in [-0.2, 0) is 9.53 Å². The maximum Gasteiger partial charge on any atom is 0.337 e. The van der Waals surface area contributed by atoms with E-state index in [1.165, 1.54) is 23.9 Å². The highest BCUT2D eigenvalue weighted by atomic mass is 79.9. The summed E-state index contributed by atoms with van der Waals surface area (Å²) in [5.41, 5.74) is 7.18. The fourth-order valence-electron chi connectivity index (χ4n) is 4.75. The van der Waals surface area contributed by atoms with Crippen molar-refractivity contribution in [1.29, 1.82) is 0 Å². The average molecular weight is 540 g/mol. The Morgan fingerprint density at radius 2 is 1.86 bits per heavy atom. The van der Waals surface area contributed by atoms with E-state index >= 15 is 0 Å². The van der Waals surface area contributed by atoms with Crippen molar-refractivity contribution in [3.8, 4) is 0 Å². The quantitative estimate of drug-likeness (QED) is 0.433. The summed E-state index contributed by atoms with van der Waals surface area (Å²) in [6.07, 6.45) is 2.87. The lowest BCUT2D eigenvalue weighted by Crippen LogP contribution is -2.47. The second-order valence-corrected chi connectivity index (χ2v) is 9.55. The van der Waals surface area contributed by atoms with Crippen molar-refractivity contribution in [2.75, 3.05) is 17.7 Å². The first kappa shape index (κ1) is 22.9. The standard InChI is InChI=1S/C24H22BrN5O5/c1-35-22(32)13-6-14(25)10-15(7-13)27-21(31)20-9-12-8-19(12)30(20)24(34)28-17-11-29(23(26)33)18-5-3-2-4-16(17)18/h2-7,10-12,19-20H,8-9H2,1H3,(H2,26,33)(H,27,31)(H,28,34)/t12-,19+,20-/m0/s1. The number of carbonyl (C=O) groups excluding carboxylic acids is 4. The number of benzene rings is 2. The summed E-state index contributed by atoms with van der Waals surface area (Å²) in [5, 5.41) is 6.34. The second-order valence-electron chi connectivity index (χ2n) is 8.63. The van der Waals surface area contributed by atoms with E-state index in [4.69, 9.17) is 10.5 Å². The summed E-state index contributed by atoms with van der Waals surface area (Å²) in [6.45, 7) is 0. The fourth-order valence-corrected chi connectivity index (χ4v) is 5.24. The van der Waals surface area contributed by atoms with Crippen molar-refractivity contribution < 1.29 is 23.9 Å². The third-order valence-corrected chi connectivity index (χ3v) is 6.88. The van der Waals surface area contributed by atoms with E-state index in [1.54, 1.807) is 41.3 Å². The molecule has 5 rings (SSSR count). The highest BCUT2D eigenvalue weighted by Gasteiger charge is 2.56. The maximum atomic E-state index is 13.3. The lowest BCUT2D eigenvalue weighted by molar-refractivity contribution is -0.120. The smallest absolute Gasteiger partial charge is 0.337 e. The van der Waals surface area contributed by atoms with Crippen molar-refractivity contribution >= 4 is 62.1 Å². The number of halogens is 1. The Kier molecular flexibility index (Phi) is 5.72. The molecule has 2 heterocycles. The van der Waals surface area contributed by atoms with Gasteiger partial charge in [0.15, 0.2) is 0 Å². The van der Waals surface area contributed by atoms with Crippen LogP contribution in [0.1, 0.15) is 23.2 Å². The number of para-hydroxylation sites is 1. The molecule has 10 nitrogen and oxygen atoms in total. The largest absolute Gasteiger partial charge is 0.465 e. The van der Waals surface area contributed by atoms with Gasteiger partial charge in [0.25, 0.3) is 0 Å². The van der Waals surface area contributed by atoms with Crippen molar-refractivity contribution in [1.82, 2.24) is 9.47 Å². The number of fused-ring (bicyclic) bond motifs is 2. The number of carbonyl (C=O) groups is 4. The summed E-state index contributed by atoms with van der Waals surface area (Å²) in [5.74, 6) is -0.613. The van der Waals surface area contributed by atoms with Crippen LogP contribution >= 0.6 is 15.9 Å². The minimum Gasteiger partial charge on any atom is -0.465 e. The minimum absolute atomic E-state index is 0.0246. The molecule has 3 atom stereocenters. The van der Waals surface area contributed by atoms with Crippen molar-refractivity contribution in [3.05, 3.63) is 58.7 Å². The number of anilines is 2. The monoisotopic (exact) mass is 539 g/mol. The molecule has 11 heteroatoms. The van der Waals surface area contributed by atoms with E-state index in [9.17, 15) is 19.2 Å². The van der Waals surface area contributed by atoms with Crippen molar-refractivity contribution in [2.24, 2.45) is 11.7 Å². The number of urea groups is 1. The molecule has 1 aliphatic carbocycles. The number of esters is 1. The third kappa shape index (κ3) is 4.23. The number of piperidine rings is 1. The van der Waals surface area contributed by atoms with Crippen LogP contribution in [0.5, 0.6) is 0 Å². The molecular formula is C24H22BrN5O5. The molecule has 1 aromatic heterocycles. The van der Waals surface area contributed by atoms with Gasteiger partial charge in [-0.3, -0.25) is 9.36 Å². The molecule has 3 aromatic rings. The summed E-state index contributed by atoms with van der Waals surface area (Å²) in [4.78, 5) is 51.8. The summed E-state index contributed by atoms with van der Waals surface area (Å²) in [7, 11) is 1.28. The highest BCUT2D eigenvalue weighted by molar-refractivity contribution is 9.10. The molecular weight excluding hydrogens is 518 g/mol. The number of methoxy groups -OCH3 is 1. The average Bonchev–Trinajstić information content (AvgIpc) is 3.33. The Morgan fingerprint density at radius 3 is 2.60 bits per heavy atom. The van der Waals surface area contributed by atoms with E-state index in [0.29, 0.717) is 33.2 Å². The molecule has 0 radical (unpaired) electrons. The lowest BCUT2D eigenvalue weighted by Gasteiger charge is -2.27. The fraction of sp³-hybridized carbons (Fsp3) is 0.250. The first-order chi connectivity index (χ1) is 16.8. The molecule has 35 heavy (non-hydrogen) atoms. The zero-order valence-electron chi connectivity index (χ0n) is 18.7. The van der Waals surface area contributed by atoms with Crippen LogP contribution in [0.2, 0.25) is 0 Å². The molecule has 4 amide bonds. The van der Waals surface area contributed by atoms with E-state index in [-0.39, 0.29) is 23.4 Å². The zero-order chi connectivity index (χ0) is 24.9. The Labute approximate surface area is 208 Å². The number of nitrogens with two attached hydrogens (primary N) is 1. The molecule has 0 bridgehead atoms. The number of ether oxygens (including phenoxy) is 1. The highest BCUT2D eigenvalue weighted by Crippen LogP contribution is 2.48. The van der Waals surface area contributed by atoms with E-state index < -0.39 is 24.1 Å². The van der Waals surface area contributed by atoms with Gasteiger partial charge in [0.2, 0.25) is 5.91 Å². The number of hydrogen-bond donors (Lipinski definition) is 3. The molecule has 1 saturated heterocycles. The molecule has 1 saturated carbocycles. The van der Waals surface area contributed by atoms with Crippen LogP contribution in [0.25, 0.3) is 10.9 Å². The third-order valence-electron chi connectivity index (χ3n) is 6.42. The molecule has 1 aliphatic heterocycles. The molecule has 2 aliphatic rings. The van der Waals surface area contributed by atoms with Crippen molar-refractivity contribution in [3.63, 3.8) is 0 Å². The van der Waals surface area contributed by atoms with Crippen LogP contribution in [0, 0.1) is 5.92 Å². The minimum atomic E-state index is -0.677. The molecule has 2 fully saturated rings. The number of likely N-dealkylation sites (tertiary alicyclic amines) is 1. The van der Waals surface area contributed by atoms with Crippen LogP contribution in [0.15, 0.2) is 53.1 Å². The summed E-state index contributed by atoms with van der Waals surface area (Å²) < 4.78 is 6.63. The van der Waals surface area contributed by atoms with Gasteiger partial charge < -0.3 is 26.0 Å². The van der Waals surface area contributed by atoms with Gasteiger partial charge in [-0.05, 0) is 43.0 Å². The molecule has 0 spiro atoms. The van der Waals surface area contributed by atoms with Crippen LogP contribution in [-0.4, -0.2) is 52.6 Å². The second kappa shape index (κ2) is 8.73. The molecule has 0 unspecified atom stereocenters. The Bertz CT molecular complexity index is 1390. The van der Waals surface area contributed by atoms with Crippen LogP contribution in [0.4, 0.5) is 21.0 Å². The number of rotatable bonds is 4. The van der Waals surface area contributed by atoms with E-state index in [0.717, 1.165) is 6.42 Å². The van der Waals surface area contributed by atoms with Gasteiger partial charge in [0.05, 0.1) is 23.9 Å². The normalized spacial score (nSPS) is 20.3. The number of hydrogen-bond acceptors (Lipinski definition) is 5. The van der Waals surface area contributed by atoms with E-state index in [1.807, 2.05) is 0 Å². The number of primary amides is 1. The Hall–Kier alpha value is -3.86. The van der Waals surface area contributed by atoms with Gasteiger partial charge in [0.1, 0.15) is 6.04 Å². The van der Waals surface area contributed by atoms with Gasteiger partial charge in [0, 0.05) is 27.8 Å². The zero-order valence-corrected chi connectivity index (χ0v) is 20.2. The number of aromatic nitrogens is 1. The van der Waals surface area contributed by atoms with Crippen molar-refractivity contribution in [2.45, 2.75) is 24.9 Å². The van der Waals surface area contributed by atoms with E-state index in [2.05, 4.69) is 26.6 Å². The number of nitrogens with one attached hydrogen (secondary N) is 2. The van der Waals surface area contributed by atoms with Gasteiger partial charge in [-0.1, -0.05) is 34.1 Å². The summed E-state index contributed by atoms with van der Waals surface area (Å²) in [6, 6.07) is 10.1. The number of nitrogens with zero attached hydrogens (tertiary/aromatic N) is 2. The van der Waals surface area contributed by atoms with Crippen LogP contribution < -0.4 is 16.4 Å². The Morgan fingerprint density at radius 1 is 1.09 bits per heavy atom. The van der Waals surface area contributed by atoms with Gasteiger partial charge in [-0.15, -0.1) is 0 Å². The lowest BCUT2D eigenvalue weighted by atomic mass is 10.1. The summed E-state index contributed by atoms with van der Waals surface area (Å²) >= 11 is 3.34.